The average Bonchev–Trinajstić information content (AvgIpc) is 3.14. The molecule has 1 aliphatic rings. The van der Waals surface area contributed by atoms with Gasteiger partial charge in [-0.2, -0.15) is 5.26 Å². The number of carbonyl (C=O) groups excluding carboxylic acids is 1. The molecular weight excluding hydrogens is 294 g/mol. The topological polar surface area (TPSA) is 81.9 Å². The van der Waals surface area contributed by atoms with Gasteiger partial charge in [0.15, 0.2) is 4.34 Å². The lowest BCUT2D eigenvalue weighted by molar-refractivity contribution is -0.128. The highest BCUT2D eigenvalue weighted by molar-refractivity contribution is 8.02. The molecule has 0 spiro atoms. The fourth-order valence-electron chi connectivity index (χ4n) is 1.56. The van der Waals surface area contributed by atoms with Crippen molar-refractivity contribution in [3.05, 3.63) is 0 Å². The van der Waals surface area contributed by atoms with Crippen LogP contribution in [0.1, 0.15) is 26.2 Å². The van der Waals surface area contributed by atoms with Gasteiger partial charge in [-0.05, 0) is 19.8 Å². The molecule has 0 saturated heterocycles. The lowest BCUT2D eigenvalue weighted by atomic mass is 10.3. The van der Waals surface area contributed by atoms with Crippen LogP contribution in [0.5, 0.6) is 0 Å². The van der Waals surface area contributed by atoms with Crippen LogP contribution in [0.25, 0.3) is 0 Å². The molecule has 1 N–H and O–H groups in total. The minimum Gasteiger partial charge on any atom is -0.357 e. The minimum absolute atomic E-state index is 0.0113. The van der Waals surface area contributed by atoms with Crippen molar-refractivity contribution >= 4 is 34.1 Å². The Morgan fingerprint density at radius 3 is 3.05 bits per heavy atom. The van der Waals surface area contributed by atoms with Gasteiger partial charge >= 0.3 is 0 Å². The van der Waals surface area contributed by atoms with E-state index in [4.69, 9.17) is 5.26 Å². The average molecular weight is 311 g/mol. The molecule has 1 aliphatic carbocycles. The van der Waals surface area contributed by atoms with Gasteiger partial charge < -0.3 is 10.2 Å². The van der Waals surface area contributed by atoms with Crippen molar-refractivity contribution in [1.29, 1.82) is 5.26 Å². The Morgan fingerprint density at radius 1 is 1.65 bits per heavy atom. The Bertz CT molecular complexity index is 508. The first kappa shape index (κ1) is 15.1. The van der Waals surface area contributed by atoms with Gasteiger partial charge in [-0.15, -0.1) is 10.2 Å². The molecule has 0 bridgehead atoms. The summed E-state index contributed by atoms with van der Waals surface area (Å²) in [6.07, 6.45) is 2.75. The third-order valence-electron chi connectivity index (χ3n) is 2.87. The summed E-state index contributed by atoms with van der Waals surface area (Å²) >= 11 is 2.90. The maximum Gasteiger partial charge on any atom is 0.235 e. The Hall–Kier alpha value is -1.33. The van der Waals surface area contributed by atoms with Gasteiger partial charge in [0.2, 0.25) is 11.0 Å². The van der Waals surface area contributed by atoms with Crippen molar-refractivity contribution in [3.8, 4) is 6.07 Å². The zero-order valence-electron chi connectivity index (χ0n) is 11.5. The van der Waals surface area contributed by atoms with E-state index in [2.05, 4.69) is 15.5 Å². The standard InChI is InChI=1S/C12H17N5OS2/c1-8(10(18)17(2)7-3-6-13)19-12-16-15-11(20-12)14-9-4-5-9/h8-9H,3-5,7H2,1-2H3,(H,14,15)/t8-/m0/s1. The second-order valence-electron chi connectivity index (χ2n) is 4.72. The summed E-state index contributed by atoms with van der Waals surface area (Å²) in [7, 11) is 1.72. The van der Waals surface area contributed by atoms with Crippen molar-refractivity contribution in [2.45, 2.75) is 41.8 Å². The highest BCUT2D eigenvalue weighted by Crippen LogP contribution is 2.32. The molecule has 1 heterocycles. The maximum absolute atomic E-state index is 12.1. The van der Waals surface area contributed by atoms with Crippen LogP contribution in [0, 0.1) is 11.3 Å². The van der Waals surface area contributed by atoms with Crippen LogP contribution in [-0.4, -0.2) is 45.9 Å². The van der Waals surface area contributed by atoms with E-state index in [0.717, 1.165) is 9.47 Å². The number of rotatable bonds is 7. The maximum atomic E-state index is 12.1. The second-order valence-corrected chi connectivity index (χ2v) is 7.29. The van der Waals surface area contributed by atoms with Gasteiger partial charge in [-0.25, -0.2) is 0 Å². The fraction of sp³-hybridized carbons (Fsp3) is 0.667. The Labute approximate surface area is 126 Å². The predicted octanol–water partition coefficient (Wildman–Crippen LogP) is 1.97. The van der Waals surface area contributed by atoms with Crippen molar-refractivity contribution in [1.82, 2.24) is 15.1 Å². The second kappa shape index (κ2) is 6.90. The first-order valence-electron chi connectivity index (χ1n) is 6.48. The molecule has 108 valence electrons. The molecule has 0 radical (unpaired) electrons. The van der Waals surface area contributed by atoms with E-state index in [9.17, 15) is 4.79 Å². The number of hydrogen-bond acceptors (Lipinski definition) is 7. The van der Waals surface area contributed by atoms with Crippen LogP contribution >= 0.6 is 23.1 Å². The molecule has 0 aliphatic heterocycles. The molecular formula is C12H17N5OS2. The first-order valence-corrected chi connectivity index (χ1v) is 8.18. The lowest BCUT2D eigenvalue weighted by Gasteiger charge is -2.18. The number of amides is 1. The summed E-state index contributed by atoms with van der Waals surface area (Å²) in [6, 6.07) is 2.59. The number of hydrogen-bond donors (Lipinski definition) is 1. The van der Waals surface area contributed by atoms with Crippen LogP contribution < -0.4 is 5.32 Å². The summed E-state index contributed by atoms with van der Waals surface area (Å²) in [6.45, 7) is 2.32. The van der Waals surface area contributed by atoms with E-state index >= 15 is 0 Å². The molecule has 1 amide bonds. The summed E-state index contributed by atoms with van der Waals surface area (Å²) in [4.78, 5) is 13.7. The van der Waals surface area contributed by atoms with Gasteiger partial charge in [-0.1, -0.05) is 23.1 Å². The van der Waals surface area contributed by atoms with E-state index in [1.165, 1.54) is 35.9 Å². The van der Waals surface area contributed by atoms with Crippen molar-refractivity contribution in [2.75, 3.05) is 18.9 Å². The normalized spacial score (nSPS) is 15.4. The predicted molar refractivity (Wildman–Crippen MR) is 79.7 cm³/mol. The molecule has 1 fully saturated rings. The van der Waals surface area contributed by atoms with Gasteiger partial charge in [0.25, 0.3) is 0 Å². The van der Waals surface area contributed by atoms with Crippen LogP contribution in [0.3, 0.4) is 0 Å². The number of thioether (sulfide) groups is 1. The van der Waals surface area contributed by atoms with E-state index < -0.39 is 0 Å². The summed E-state index contributed by atoms with van der Waals surface area (Å²) in [5, 5.41) is 20.6. The first-order chi connectivity index (χ1) is 9.60. The van der Waals surface area contributed by atoms with Gasteiger partial charge in [0.05, 0.1) is 17.7 Å². The summed E-state index contributed by atoms with van der Waals surface area (Å²) in [5.74, 6) is 0.0113. The number of nitrogens with zero attached hydrogens (tertiary/aromatic N) is 4. The zero-order chi connectivity index (χ0) is 14.5. The van der Waals surface area contributed by atoms with Crippen LogP contribution in [0.4, 0.5) is 5.13 Å². The van der Waals surface area contributed by atoms with Crippen molar-refractivity contribution in [3.63, 3.8) is 0 Å². The quantitative estimate of drug-likeness (QED) is 0.775. The summed E-state index contributed by atoms with van der Waals surface area (Å²) < 4.78 is 0.794. The number of nitriles is 1. The van der Waals surface area contributed by atoms with Crippen LogP contribution in [0.15, 0.2) is 4.34 Å². The van der Waals surface area contributed by atoms with Gasteiger partial charge in [0.1, 0.15) is 0 Å². The Kier molecular flexibility index (Phi) is 5.20. The number of anilines is 1. The Balaban J connectivity index is 1.83. The van der Waals surface area contributed by atoms with Crippen LogP contribution in [0.2, 0.25) is 0 Å². The van der Waals surface area contributed by atoms with E-state index in [1.54, 1.807) is 11.9 Å². The molecule has 2 rings (SSSR count). The molecule has 8 heteroatoms. The van der Waals surface area contributed by atoms with Crippen molar-refractivity contribution < 1.29 is 4.79 Å². The zero-order valence-corrected chi connectivity index (χ0v) is 13.1. The molecule has 0 aromatic carbocycles. The lowest BCUT2D eigenvalue weighted by Crippen LogP contribution is -2.33. The number of nitrogens with one attached hydrogen (secondary N) is 1. The SMILES string of the molecule is C[C@H](Sc1nnc(NC2CC2)s1)C(=O)N(C)CCC#N. The largest absolute Gasteiger partial charge is 0.357 e. The Morgan fingerprint density at radius 2 is 2.40 bits per heavy atom. The molecule has 20 heavy (non-hydrogen) atoms. The highest BCUT2D eigenvalue weighted by atomic mass is 32.2. The van der Waals surface area contributed by atoms with Gasteiger partial charge in [-0.3, -0.25) is 4.79 Å². The highest BCUT2D eigenvalue weighted by Gasteiger charge is 2.24. The number of carbonyl (C=O) groups is 1. The molecule has 1 atom stereocenters. The number of aromatic nitrogens is 2. The van der Waals surface area contributed by atoms with Gasteiger partial charge in [0, 0.05) is 19.6 Å². The van der Waals surface area contributed by atoms with Crippen LogP contribution in [-0.2, 0) is 4.79 Å². The minimum atomic E-state index is -0.222. The molecule has 1 saturated carbocycles. The third-order valence-corrected chi connectivity index (χ3v) is 4.90. The summed E-state index contributed by atoms with van der Waals surface area (Å²) in [5.41, 5.74) is 0. The molecule has 1 aromatic rings. The monoisotopic (exact) mass is 311 g/mol. The third kappa shape index (κ3) is 4.35. The fourth-order valence-corrected chi connectivity index (χ4v) is 3.65. The van der Waals surface area contributed by atoms with E-state index in [1.807, 2.05) is 13.0 Å². The van der Waals surface area contributed by atoms with Crippen molar-refractivity contribution in [2.24, 2.45) is 0 Å². The smallest absolute Gasteiger partial charge is 0.235 e. The molecule has 6 nitrogen and oxygen atoms in total. The molecule has 1 aromatic heterocycles. The van der Waals surface area contributed by atoms with E-state index in [0.29, 0.717) is 19.0 Å². The van der Waals surface area contributed by atoms with E-state index in [-0.39, 0.29) is 11.2 Å². The molecule has 0 unspecified atom stereocenters.